The van der Waals surface area contributed by atoms with Gasteiger partial charge in [0.2, 0.25) is 0 Å². The second-order valence-electron chi connectivity index (χ2n) is 6.38. The van der Waals surface area contributed by atoms with Crippen LogP contribution in [0, 0.1) is 28.6 Å². The second-order valence-corrected chi connectivity index (χ2v) is 8.68. The summed E-state index contributed by atoms with van der Waals surface area (Å²) in [5, 5.41) is 9.45. The molecule has 0 aromatic carbocycles. The summed E-state index contributed by atoms with van der Waals surface area (Å²) < 4.78 is 23.6. The largest absolute Gasteiger partial charge is 0.229 e. The molecule has 0 atom stereocenters. The fourth-order valence-electron chi connectivity index (χ4n) is 3.04. The molecule has 1 aliphatic rings. The van der Waals surface area contributed by atoms with Gasteiger partial charge in [0.05, 0.1) is 17.2 Å². The van der Waals surface area contributed by atoms with Gasteiger partial charge in [0, 0.05) is 5.75 Å². The van der Waals surface area contributed by atoms with Crippen molar-refractivity contribution in [3.8, 4) is 6.07 Å². The van der Waals surface area contributed by atoms with Crippen LogP contribution in [0.15, 0.2) is 0 Å². The van der Waals surface area contributed by atoms with E-state index >= 15 is 0 Å². The minimum absolute atomic E-state index is 0.181. The third-order valence-electron chi connectivity index (χ3n) is 4.57. The molecule has 110 valence electrons. The average Bonchev–Trinajstić information content (AvgIpc) is 2.37. The number of hydrogen-bond acceptors (Lipinski definition) is 3. The summed E-state index contributed by atoms with van der Waals surface area (Å²) >= 11 is 0. The highest BCUT2D eigenvalue weighted by atomic mass is 32.2. The maximum atomic E-state index is 11.8. The summed E-state index contributed by atoms with van der Waals surface area (Å²) in [6.07, 6.45) is 5.06. The molecule has 1 rings (SSSR count). The van der Waals surface area contributed by atoms with Crippen LogP contribution in [-0.2, 0) is 9.84 Å². The molecule has 0 bridgehead atoms. The van der Waals surface area contributed by atoms with Gasteiger partial charge in [0.25, 0.3) is 0 Å². The maximum absolute atomic E-state index is 11.8. The van der Waals surface area contributed by atoms with Gasteiger partial charge in [-0.2, -0.15) is 5.26 Å². The monoisotopic (exact) mass is 285 g/mol. The fraction of sp³-hybridized carbons (Fsp3) is 0.933. The summed E-state index contributed by atoms with van der Waals surface area (Å²) in [5.74, 6) is 1.80. The third-order valence-corrected chi connectivity index (χ3v) is 6.43. The molecule has 0 amide bonds. The van der Waals surface area contributed by atoms with Gasteiger partial charge in [0.1, 0.15) is 9.84 Å². The van der Waals surface area contributed by atoms with E-state index in [1.165, 1.54) is 0 Å². The molecule has 0 heterocycles. The van der Waals surface area contributed by atoms with Crippen molar-refractivity contribution in [3.05, 3.63) is 0 Å². The smallest absolute Gasteiger partial charge is 0.150 e. The number of nitrogens with zero attached hydrogens (tertiary/aromatic N) is 1. The predicted octanol–water partition coefficient (Wildman–Crippen LogP) is 3.56. The van der Waals surface area contributed by atoms with Crippen LogP contribution in [0.1, 0.15) is 59.3 Å². The van der Waals surface area contributed by atoms with Crippen LogP contribution in [0.3, 0.4) is 0 Å². The van der Waals surface area contributed by atoms with Crippen LogP contribution in [0.5, 0.6) is 0 Å². The Morgan fingerprint density at radius 2 is 1.84 bits per heavy atom. The lowest BCUT2D eigenvalue weighted by Gasteiger charge is -2.36. The zero-order valence-corrected chi connectivity index (χ0v) is 13.3. The van der Waals surface area contributed by atoms with Crippen LogP contribution < -0.4 is 0 Å². The average molecular weight is 285 g/mol. The molecule has 0 unspecified atom stereocenters. The van der Waals surface area contributed by atoms with Gasteiger partial charge < -0.3 is 0 Å². The highest BCUT2D eigenvalue weighted by Crippen LogP contribution is 2.43. The molecular formula is C15H27NO2S. The highest BCUT2D eigenvalue weighted by molar-refractivity contribution is 7.91. The first-order chi connectivity index (χ1) is 8.84. The quantitative estimate of drug-likeness (QED) is 0.749. The Kier molecular flexibility index (Phi) is 5.85. The number of rotatable bonds is 6. The van der Waals surface area contributed by atoms with Gasteiger partial charge in [-0.05, 0) is 50.4 Å². The Balaban J connectivity index is 2.58. The molecule has 0 saturated heterocycles. The molecule has 0 radical (unpaired) electrons. The molecule has 3 nitrogen and oxygen atoms in total. The van der Waals surface area contributed by atoms with Crippen LogP contribution in [-0.4, -0.2) is 19.9 Å². The first kappa shape index (κ1) is 16.5. The highest BCUT2D eigenvalue weighted by Gasteiger charge is 2.36. The Labute approximate surface area is 118 Å². The van der Waals surface area contributed by atoms with Crippen LogP contribution in [0.25, 0.3) is 0 Å². The molecule has 1 fully saturated rings. The van der Waals surface area contributed by atoms with E-state index in [1.807, 2.05) is 6.92 Å². The number of hydrogen-bond donors (Lipinski definition) is 0. The number of sulfone groups is 1. The minimum Gasteiger partial charge on any atom is -0.229 e. The Morgan fingerprint density at radius 1 is 1.26 bits per heavy atom. The molecule has 0 aliphatic heterocycles. The van der Waals surface area contributed by atoms with E-state index in [1.54, 1.807) is 0 Å². The maximum Gasteiger partial charge on any atom is 0.150 e. The standard InChI is InChI=1S/C15H27NO2S/c1-4-10-19(17,18)11-9-15(12-16)7-5-14(6-8-15)13(2)3/h13-14H,4-11H2,1-3H3. The topological polar surface area (TPSA) is 57.9 Å². The Hall–Kier alpha value is -0.560. The van der Waals surface area contributed by atoms with E-state index in [9.17, 15) is 13.7 Å². The van der Waals surface area contributed by atoms with Crippen molar-refractivity contribution in [3.63, 3.8) is 0 Å². The summed E-state index contributed by atoms with van der Waals surface area (Å²) in [5.41, 5.74) is -0.383. The first-order valence-corrected chi connectivity index (χ1v) is 9.28. The molecule has 0 N–H and O–H groups in total. The van der Waals surface area contributed by atoms with Gasteiger partial charge in [-0.25, -0.2) is 8.42 Å². The molecule has 4 heteroatoms. The lowest BCUT2D eigenvalue weighted by Crippen LogP contribution is -2.30. The van der Waals surface area contributed by atoms with E-state index in [0.29, 0.717) is 24.7 Å². The van der Waals surface area contributed by atoms with Crippen LogP contribution in [0.2, 0.25) is 0 Å². The Bertz CT molecular complexity index is 412. The summed E-state index contributed by atoms with van der Waals surface area (Å²) in [6, 6.07) is 2.43. The van der Waals surface area contributed by atoms with Crippen molar-refractivity contribution in [1.29, 1.82) is 5.26 Å². The van der Waals surface area contributed by atoms with Crippen molar-refractivity contribution in [2.75, 3.05) is 11.5 Å². The van der Waals surface area contributed by atoms with Crippen molar-refractivity contribution in [1.82, 2.24) is 0 Å². The van der Waals surface area contributed by atoms with Crippen molar-refractivity contribution >= 4 is 9.84 Å². The van der Waals surface area contributed by atoms with Gasteiger partial charge in [0.15, 0.2) is 0 Å². The lowest BCUT2D eigenvalue weighted by molar-refractivity contribution is 0.171. The second kappa shape index (κ2) is 6.74. The minimum atomic E-state index is -2.96. The molecular weight excluding hydrogens is 258 g/mol. The lowest BCUT2D eigenvalue weighted by atomic mass is 9.67. The van der Waals surface area contributed by atoms with Crippen molar-refractivity contribution in [2.24, 2.45) is 17.3 Å². The van der Waals surface area contributed by atoms with Crippen LogP contribution in [0.4, 0.5) is 0 Å². The van der Waals surface area contributed by atoms with Crippen LogP contribution >= 0.6 is 0 Å². The van der Waals surface area contributed by atoms with E-state index in [-0.39, 0.29) is 16.9 Å². The van der Waals surface area contributed by atoms with E-state index in [4.69, 9.17) is 0 Å². The normalized spacial score (nSPS) is 28.3. The summed E-state index contributed by atoms with van der Waals surface area (Å²) in [7, 11) is -2.96. The number of nitriles is 1. The zero-order chi connectivity index (χ0) is 14.5. The molecule has 1 aliphatic carbocycles. The fourth-order valence-corrected chi connectivity index (χ4v) is 4.57. The van der Waals surface area contributed by atoms with Gasteiger partial charge >= 0.3 is 0 Å². The predicted molar refractivity (Wildman–Crippen MR) is 78.4 cm³/mol. The van der Waals surface area contributed by atoms with Gasteiger partial charge in [-0.3, -0.25) is 0 Å². The molecule has 0 spiro atoms. The zero-order valence-electron chi connectivity index (χ0n) is 12.5. The SMILES string of the molecule is CCCS(=O)(=O)CCC1(C#N)CCC(C(C)C)CC1. The van der Waals surface area contributed by atoms with Gasteiger partial charge in [-0.1, -0.05) is 20.8 Å². The van der Waals surface area contributed by atoms with E-state index in [0.717, 1.165) is 25.7 Å². The van der Waals surface area contributed by atoms with Crippen molar-refractivity contribution < 1.29 is 8.42 Å². The summed E-state index contributed by atoms with van der Waals surface area (Å²) in [6.45, 7) is 6.34. The molecule has 0 aromatic rings. The van der Waals surface area contributed by atoms with Gasteiger partial charge in [-0.15, -0.1) is 0 Å². The van der Waals surface area contributed by atoms with E-state index in [2.05, 4.69) is 19.9 Å². The first-order valence-electron chi connectivity index (χ1n) is 7.46. The van der Waals surface area contributed by atoms with Crippen molar-refractivity contribution in [2.45, 2.75) is 59.3 Å². The molecule has 0 aromatic heterocycles. The summed E-state index contributed by atoms with van der Waals surface area (Å²) in [4.78, 5) is 0. The third kappa shape index (κ3) is 4.80. The molecule has 19 heavy (non-hydrogen) atoms. The molecule has 1 saturated carbocycles. The Morgan fingerprint density at radius 3 is 2.26 bits per heavy atom. The van der Waals surface area contributed by atoms with E-state index < -0.39 is 9.84 Å².